The van der Waals surface area contributed by atoms with Crippen LogP contribution >= 0.6 is 0 Å². The van der Waals surface area contributed by atoms with Gasteiger partial charge in [0.15, 0.2) is 9.84 Å². The van der Waals surface area contributed by atoms with Crippen molar-refractivity contribution in [2.75, 3.05) is 11.6 Å². The van der Waals surface area contributed by atoms with Crippen LogP contribution in [-0.4, -0.2) is 29.2 Å². The molecule has 32 heavy (non-hydrogen) atoms. The van der Waals surface area contributed by atoms with Gasteiger partial charge < -0.3 is 5.32 Å². The minimum Gasteiger partial charge on any atom is -0.366 e. The molecule has 1 aliphatic rings. The number of fused-ring (bicyclic) bond motifs is 2. The Balaban J connectivity index is 1.64. The van der Waals surface area contributed by atoms with Gasteiger partial charge in [-0.05, 0) is 56.4 Å². The first-order valence-electron chi connectivity index (χ1n) is 10.9. The van der Waals surface area contributed by atoms with Gasteiger partial charge in [0.2, 0.25) is 5.95 Å². The number of anilines is 1. The van der Waals surface area contributed by atoms with Crippen molar-refractivity contribution in [3.63, 3.8) is 0 Å². The fourth-order valence-corrected chi connectivity index (χ4v) is 5.42. The molecule has 0 bridgehead atoms. The average Bonchev–Trinajstić information content (AvgIpc) is 3.13. The Morgan fingerprint density at radius 1 is 1.00 bits per heavy atom. The predicted molar refractivity (Wildman–Crippen MR) is 127 cm³/mol. The maximum Gasteiger partial charge on any atom is 0.236 e. The Bertz CT molecular complexity index is 1410. The number of nitrogens with one attached hydrogen (secondary N) is 1. The summed E-state index contributed by atoms with van der Waals surface area (Å²) in [6.45, 7) is 2.65. The summed E-state index contributed by atoms with van der Waals surface area (Å²) in [6, 6.07) is 17.5. The highest BCUT2D eigenvalue weighted by atomic mass is 32.2. The molecule has 0 unspecified atom stereocenters. The summed E-state index contributed by atoms with van der Waals surface area (Å²) in [5.74, 6) is 1.45. The smallest absolute Gasteiger partial charge is 0.236 e. The van der Waals surface area contributed by atoms with Crippen LogP contribution in [0.4, 0.5) is 5.82 Å². The third-order valence-corrected chi connectivity index (χ3v) is 7.22. The van der Waals surface area contributed by atoms with Crippen molar-refractivity contribution >= 4 is 26.6 Å². The lowest BCUT2D eigenvalue weighted by Gasteiger charge is -2.21. The molecule has 0 aliphatic heterocycles. The number of aromatic nitrogens is 3. The summed E-state index contributed by atoms with van der Waals surface area (Å²) in [5.41, 5.74) is 5.17. The summed E-state index contributed by atoms with van der Waals surface area (Å²) in [7, 11) is -3.34. The third-order valence-electron chi connectivity index (χ3n) is 6.06. The Hall–Kier alpha value is -3.19. The highest BCUT2D eigenvalue weighted by Crippen LogP contribution is 2.31. The van der Waals surface area contributed by atoms with Gasteiger partial charge in [0, 0.05) is 29.4 Å². The molecule has 0 amide bonds. The molecule has 2 heterocycles. The van der Waals surface area contributed by atoms with E-state index in [1.165, 1.54) is 17.4 Å². The lowest BCUT2D eigenvalue weighted by molar-refractivity contribution is 0.602. The van der Waals surface area contributed by atoms with E-state index in [1.54, 1.807) is 12.1 Å². The van der Waals surface area contributed by atoms with Crippen LogP contribution in [0.1, 0.15) is 35.4 Å². The van der Waals surface area contributed by atoms with E-state index in [4.69, 9.17) is 9.97 Å². The Morgan fingerprint density at radius 2 is 1.78 bits per heavy atom. The summed E-state index contributed by atoms with van der Waals surface area (Å²) in [5, 5.41) is 4.24. The molecule has 0 saturated carbocycles. The van der Waals surface area contributed by atoms with E-state index in [1.807, 2.05) is 41.8 Å². The Kier molecular flexibility index (Phi) is 5.21. The highest BCUT2D eigenvalue weighted by molar-refractivity contribution is 7.91. The van der Waals surface area contributed by atoms with E-state index >= 15 is 0 Å². The van der Waals surface area contributed by atoms with Crippen LogP contribution in [0, 0.1) is 6.92 Å². The quantitative estimate of drug-likeness (QED) is 0.484. The number of sulfone groups is 1. The van der Waals surface area contributed by atoms with E-state index in [2.05, 4.69) is 17.4 Å². The van der Waals surface area contributed by atoms with Crippen molar-refractivity contribution < 1.29 is 8.42 Å². The molecule has 2 aromatic heterocycles. The van der Waals surface area contributed by atoms with Crippen LogP contribution in [0.3, 0.4) is 0 Å². The molecule has 164 valence electrons. The Labute approximate surface area is 188 Å². The van der Waals surface area contributed by atoms with Gasteiger partial charge in [-0.25, -0.2) is 13.4 Å². The summed E-state index contributed by atoms with van der Waals surface area (Å²) < 4.78 is 26.6. The van der Waals surface area contributed by atoms with Gasteiger partial charge in [-0.1, -0.05) is 36.4 Å². The minimum absolute atomic E-state index is 0.331. The molecule has 0 radical (unpaired) electrons. The predicted octanol–water partition coefficient (Wildman–Crippen LogP) is 4.62. The molecule has 5 rings (SSSR count). The molecule has 0 fully saturated rings. The van der Waals surface area contributed by atoms with Crippen molar-refractivity contribution in [2.45, 2.75) is 44.0 Å². The number of aryl methyl sites for hydroxylation is 2. The lowest BCUT2D eigenvalue weighted by atomic mass is 9.96. The van der Waals surface area contributed by atoms with Crippen LogP contribution in [0.15, 0.2) is 59.5 Å². The molecule has 0 saturated heterocycles. The molecule has 0 atom stereocenters. The van der Waals surface area contributed by atoms with Crippen molar-refractivity contribution in [3.05, 3.63) is 77.1 Å². The highest BCUT2D eigenvalue weighted by Gasteiger charge is 2.22. The van der Waals surface area contributed by atoms with Gasteiger partial charge in [-0.3, -0.25) is 4.57 Å². The normalized spacial score (nSPS) is 13.8. The van der Waals surface area contributed by atoms with E-state index < -0.39 is 9.84 Å². The first-order chi connectivity index (χ1) is 15.4. The molecule has 2 aromatic carbocycles. The van der Waals surface area contributed by atoms with Crippen LogP contribution in [0.25, 0.3) is 16.9 Å². The lowest BCUT2D eigenvalue weighted by Crippen LogP contribution is -2.16. The van der Waals surface area contributed by atoms with Crippen LogP contribution in [-0.2, 0) is 29.2 Å². The summed E-state index contributed by atoms with van der Waals surface area (Å²) in [4.78, 5) is 10.2. The van der Waals surface area contributed by atoms with E-state index in [0.29, 0.717) is 22.8 Å². The van der Waals surface area contributed by atoms with Crippen LogP contribution in [0.2, 0.25) is 0 Å². The molecule has 1 N–H and O–H groups in total. The largest absolute Gasteiger partial charge is 0.366 e. The van der Waals surface area contributed by atoms with Crippen molar-refractivity contribution in [1.82, 2.24) is 14.5 Å². The second-order valence-corrected chi connectivity index (χ2v) is 10.4. The van der Waals surface area contributed by atoms with Gasteiger partial charge in [0.1, 0.15) is 5.82 Å². The SMILES string of the molecule is Cc1cc2c(S(C)(=O)=O)cccc2n1-c1nc2c(c(NCc3ccccc3)n1)CCCC2. The van der Waals surface area contributed by atoms with Gasteiger partial charge in [-0.2, -0.15) is 4.98 Å². The summed E-state index contributed by atoms with van der Waals surface area (Å²) in [6.07, 6.45) is 5.40. The molecule has 1 aliphatic carbocycles. The molecule has 6 nitrogen and oxygen atoms in total. The topological polar surface area (TPSA) is 76.9 Å². The molecule has 7 heteroatoms. The summed E-state index contributed by atoms with van der Waals surface area (Å²) >= 11 is 0. The zero-order chi connectivity index (χ0) is 22.3. The number of rotatable bonds is 5. The molecule has 0 spiro atoms. The van der Waals surface area contributed by atoms with Gasteiger partial charge in [0.05, 0.1) is 16.1 Å². The maximum atomic E-state index is 12.3. The zero-order valence-corrected chi connectivity index (χ0v) is 19.1. The average molecular weight is 447 g/mol. The number of benzene rings is 2. The van der Waals surface area contributed by atoms with Crippen LogP contribution < -0.4 is 5.32 Å². The van der Waals surface area contributed by atoms with Crippen LogP contribution in [0.5, 0.6) is 0 Å². The minimum atomic E-state index is -3.34. The van der Waals surface area contributed by atoms with Gasteiger partial charge >= 0.3 is 0 Å². The van der Waals surface area contributed by atoms with Crippen molar-refractivity contribution in [2.24, 2.45) is 0 Å². The zero-order valence-electron chi connectivity index (χ0n) is 18.3. The van der Waals surface area contributed by atoms with Crippen molar-refractivity contribution in [1.29, 1.82) is 0 Å². The van der Waals surface area contributed by atoms with E-state index in [0.717, 1.165) is 48.4 Å². The van der Waals surface area contributed by atoms with E-state index in [9.17, 15) is 8.42 Å². The number of hydrogen-bond donors (Lipinski definition) is 1. The number of hydrogen-bond acceptors (Lipinski definition) is 5. The number of nitrogens with zero attached hydrogens (tertiary/aromatic N) is 3. The second kappa shape index (κ2) is 8.06. The maximum absolute atomic E-state index is 12.3. The monoisotopic (exact) mass is 446 g/mol. The van der Waals surface area contributed by atoms with Gasteiger partial charge in [-0.15, -0.1) is 0 Å². The van der Waals surface area contributed by atoms with Crippen molar-refractivity contribution in [3.8, 4) is 5.95 Å². The third kappa shape index (κ3) is 3.77. The molecular formula is C25H26N4O2S. The fourth-order valence-electron chi connectivity index (χ4n) is 4.53. The first-order valence-corrected chi connectivity index (χ1v) is 12.8. The fraction of sp³-hybridized carbons (Fsp3) is 0.280. The molecular weight excluding hydrogens is 420 g/mol. The standard InChI is InChI=1S/C25H26N4O2S/c1-17-15-20-22(13-8-14-23(20)32(2,30)31)29(17)25-27-21-12-7-6-11-19(21)24(28-25)26-16-18-9-4-3-5-10-18/h3-5,8-10,13-15H,6-7,11-12,16H2,1-2H3,(H,26,27,28). The molecule has 4 aromatic rings. The second-order valence-electron chi connectivity index (χ2n) is 8.43. The van der Waals surface area contributed by atoms with Gasteiger partial charge in [0.25, 0.3) is 0 Å². The first kappa shape index (κ1) is 20.7. The van der Waals surface area contributed by atoms with E-state index in [-0.39, 0.29) is 0 Å². The Morgan fingerprint density at radius 3 is 2.56 bits per heavy atom.